The number of anilines is 1. The number of carbonyl (C=O) groups is 1. The summed E-state index contributed by atoms with van der Waals surface area (Å²) in [6.45, 7) is 4.63. The Bertz CT molecular complexity index is 671. The lowest BCUT2D eigenvalue weighted by Gasteiger charge is -2.12. The molecule has 0 aliphatic rings. The molecule has 0 fully saturated rings. The minimum atomic E-state index is -0.231. The topological polar surface area (TPSA) is 60.5 Å². The molecular weight excluding hydrogens is 292 g/mol. The Labute approximate surface area is 136 Å². The molecule has 1 heterocycles. The Hall–Kier alpha value is -2.56. The summed E-state index contributed by atoms with van der Waals surface area (Å²) in [7, 11) is 1.56. The van der Waals surface area contributed by atoms with E-state index in [-0.39, 0.29) is 5.91 Å². The van der Waals surface area contributed by atoms with E-state index >= 15 is 0 Å². The van der Waals surface area contributed by atoms with Gasteiger partial charge in [0.2, 0.25) is 0 Å². The average molecular weight is 314 g/mol. The number of aryl methyl sites for hydroxylation is 1. The Morgan fingerprint density at radius 3 is 2.78 bits per heavy atom. The zero-order valence-corrected chi connectivity index (χ0v) is 13.8. The molecule has 0 spiro atoms. The highest BCUT2D eigenvalue weighted by atomic mass is 16.5. The van der Waals surface area contributed by atoms with E-state index in [1.54, 1.807) is 31.5 Å². The van der Waals surface area contributed by atoms with Crippen molar-refractivity contribution in [3.05, 3.63) is 47.7 Å². The van der Waals surface area contributed by atoms with E-state index in [0.29, 0.717) is 29.5 Å². The smallest absolute Gasteiger partial charge is 0.256 e. The van der Waals surface area contributed by atoms with Crippen molar-refractivity contribution >= 4 is 11.7 Å². The minimum Gasteiger partial charge on any atom is -0.493 e. The molecule has 0 atom stereocenters. The van der Waals surface area contributed by atoms with Gasteiger partial charge in [0, 0.05) is 11.8 Å². The molecule has 0 aliphatic heterocycles. The summed E-state index contributed by atoms with van der Waals surface area (Å²) in [5.74, 6) is 1.52. The molecule has 2 aromatic rings. The first kappa shape index (κ1) is 16.8. The number of nitrogens with one attached hydrogen (secondary N) is 1. The van der Waals surface area contributed by atoms with E-state index in [0.717, 1.165) is 18.4 Å². The quantitative estimate of drug-likeness (QED) is 0.789. The van der Waals surface area contributed by atoms with Crippen molar-refractivity contribution < 1.29 is 14.3 Å². The number of rotatable bonds is 7. The fraction of sp³-hybridized carbons (Fsp3) is 0.333. The number of amides is 1. The Morgan fingerprint density at radius 2 is 2.09 bits per heavy atom. The number of ether oxygens (including phenoxy) is 2. The van der Waals surface area contributed by atoms with Crippen LogP contribution >= 0.6 is 0 Å². The molecule has 0 aliphatic carbocycles. The molecule has 5 heteroatoms. The predicted molar refractivity (Wildman–Crippen MR) is 90.3 cm³/mol. The molecule has 1 N–H and O–H groups in total. The number of hydrogen-bond acceptors (Lipinski definition) is 4. The SMILES string of the molecule is CCCCOc1ccc(C(=O)Nc2ncccc2C)cc1OC. The summed E-state index contributed by atoms with van der Waals surface area (Å²) < 4.78 is 11.0. The molecule has 2 rings (SSSR count). The number of nitrogens with zero attached hydrogens (tertiary/aromatic N) is 1. The lowest BCUT2D eigenvalue weighted by molar-refractivity contribution is 0.102. The lowest BCUT2D eigenvalue weighted by atomic mass is 10.2. The molecule has 0 unspecified atom stereocenters. The second-order valence-corrected chi connectivity index (χ2v) is 5.19. The Morgan fingerprint density at radius 1 is 1.26 bits per heavy atom. The number of unbranched alkanes of at least 4 members (excludes halogenated alkanes) is 1. The molecule has 0 saturated heterocycles. The summed E-state index contributed by atoms with van der Waals surface area (Å²) >= 11 is 0. The maximum absolute atomic E-state index is 12.4. The van der Waals surface area contributed by atoms with Crippen LogP contribution in [0.2, 0.25) is 0 Å². The second-order valence-electron chi connectivity index (χ2n) is 5.19. The van der Waals surface area contributed by atoms with Crippen LogP contribution in [0.1, 0.15) is 35.7 Å². The van der Waals surface area contributed by atoms with Crippen LogP contribution in [0.4, 0.5) is 5.82 Å². The Balaban J connectivity index is 2.13. The van der Waals surface area contributed by atoms with Gasteiger partial charge in [0.1, 0.15) is 5.82 Å². The van der Waals surface area contributed by atoms with Crippen molar-refractivity contribution in [3.63, 3.8) is 0 Å². The molecule has 122 valence electrons. The van der Waals surface area contributed by atoms with Crippen molar-refractivity contribution in [2.45, 2.75) is 26.7 Å². The van der Waals surface area contributed by atoms with Crippen molar-refractivity contribution in [2.75, 3.05) is 19.0 Å². The number of pyridine rings is 1. The standard InChI is InChI=1S/C18H22N2O3/c1-4-5-11-23-15-9-8-14(12-16(15)22-3)18(21)20-17-13(2)7-6-10-19-17/h6-10,12H,4-5,11H2,1-3H3,(H,19,20,21). The summed E-state index contributed by atoms with van der Waals surface area (Å²) in [5, 5.41) is 2.80. The fourth-order valence-electron chi connectivity index (χ4n) is 2.05. The first-order valence-electron chi connectivity index (χ1n) is 7.69. The van der Waals surface area contributed by atoms with Gasteiger partial charge in [-0.2, -0.15) is 0 Å². The van der Waals surface area contributed by atoms with Gasteiger partial charge in [-0.1, -0.05) is 19.4 Å². The summed E-state index contributed by atoms with van der Waals surface area (Å²) in [6, 6.07) is 8.88. The number of benzene rings is 1. The normalized spacial score (nSPS) is 10.2. The lowest BCUT2D eigenvalue weighted by Crippen LogP contribution is -2.14. The highest BCUT2D eigenvalue weighted by molar-refractivity contribution is 6.04. The predicted octanol–water partition coefficient (Wildman–Crippen LogP) is 3.83. The van der Waals surface area contributed by atoms with E-state index < -0.39 is 0 Å². The van der Waals surface area contributed by atoms with Crippen LogP contribution in [0.5, 0.6) is 11.5 Å². The summed E-state index contributed by atoms with van der Waals surface area (Å²) in [4.78, 5) is 16.5. The van der Waals surface area contributed by atoms with Crippen molar-refractivity contribution in [1.82, 2.24) is 4.98 Å². The largest absolute Gasteiger partial charge is 0.493 e. The van der Waals surface area contributed by atoms with Gasteiger partial charge >= 0.3 is 0 Å². The Kier molecular flexibility index (Phi) is 5.97. The first-order chi connectivity index (χ1) is 11.2. The van der Waals surface area contributed by atoms with Crippen LogP contribution in [-0.2, 0) is 0 Å². The van der Waals surface area contributed by atoms with Gasteiger partial charge < -0.3 is 14.8 Å². The molecule has 5 nitrogen and oxygen atoms in total. The molecule has 1 aromatic heterocycles. The maximum atomic E-state index is 12.4. The van der Waals surface area contributed by atoms with Crippen LogP contribution in [0.3, 0.4) is 0 Å². The van der Waals surface area contributed by atoms with Gasteiger partial charge in [0.05, 0.1) is 13.7 Å². The van der Waals surface area contributed by atoms with Gasteiger partial charge in [0.25, 0.3) is 5.91 Å². The first-order valence-corrected chi connectivity index (χ1v) is 7.69. The van der Waals surface area contributed by atoms with Crippen LogP contribution in [-0.4, -0.2) is 24.6 Å². The van der Waals surface area contributed by atoms with E-state index in [2.05, 4.69) is 17.2 Å². The molecule has 23 heavy (non-hydrogen) atoms. The summed E-state index contributed by atoms with van der Waals surface area (Å²) in [5.41, 5.74) is 1.40. The number of aromatic nitrogens is 1. The third-order valence-electron chi connectivity index (χ3n) is 3.42. The zero-order valence-electron chi connectivity index (χ0n) is 13.8. The summed E-state index contributed by atoms with van der Waals surface area (Å²) in [6.07, 6.45) is 3.68. The molecule has 1 amide bonds. The number of hydrogen-bond donors (Lipinski definition) is 1. The van der Waals surface area contributed by atoms with E-state index in [4.69, 9.17) is 9.47 Å². The van der Waals surface area contributed by atoms with E-state index in [1.807, 2.05) is 19.1 Å². The number of methoxy groups -OCH3 is 1. The van der Waals surface area contributed by atoms with Crippen molar-refractivity contribution in [3.8, 4) is 11.5 Å². The fourth-order valence-corrected chi connectivity index (χ4v) is 2.05. The average Bonchev–Trinajstić information content (AvgIpc) is 2.57. The van der Waals surface area contributed by atoms with Crippen molar-refractivity contribution in [1.29, 1.82) is 0 Å². The number of carbonyl (C=O) groups excluding carboxylic acids is 1. The molecule has 0 bridgehead atoms. The van der Waals surface area contributed by atoms with Gasteiger partial charge in [-0.05, 0) is 43.2 Å². The van der Waals surface area contributed by atoms with Crippen LogP contribution in [0.25, 0.3) is 0 Å². The van der Waals surface area contributed by atoms with Crippen LogP contribution in [0, 0.1) is 6.92 Å². The minimum absolute atomic E-state index is 0.231. The van der Waals surface area contributed by atoms with E-state index in [1.165, 1.54) is 0 Å². The van der Waals surface area contributed by atoms with E-state index in [9.17, 15) is 4.79 Å². The monoisotopic (exact) mass is 314 g/mol. The highest BCUT2D eigenvalue weighted by Crippen LogP contribution is 2.28. The van der Waals surface area contributed by atoms with Gasteiger partial charge in [-0.3, -0.25) is 4.79 Å². The van der Waals surface area contributed by atoms with Crippen LogP contribution in [0.15, 0.2) is 36.5 Å². The molecule has 0 radical (unpaired) electrons. The third-order valence-corrected chi connectivity index (χ3v) is 3.42. The zero-order chi connectivity index (χ0) is 16.7. The molecule has 1 aromatic carbocycles. The van der Waals surface area contributed by atoms with Gasteiger partial charge in [-0.25, -0.2) is 4.98 Å². The van der Waals surface area contributed by atoms with Crippen molar-refractivity contribution in [2.24, 2.45) is 0 Å². The highest BCUT2D eigenvalue weighted by Gasteiger charge is 2.12. The second kappa shape index (κ2) is 8.17. The molecular formula is C18H22N2O3. The third kappa shape index (κ3) is 4.45. The maximum Gasteiger partial charge on any atom is 0.256 e. The van der Waals surface area contributed by atoms with Gasteiger partial charge in [-0.15, -0.1) is 0 Å². The van der Waals surface area contributed by atoms with Gasteiger partial charge in [0.15, 0.2) is 11.5 Å². The molecule has 0 saturated carbocycles. The van der Waals surface area contributed by atoms with Crippen LogP contribution < -0.4 is 14.8 Å².